The minimum absolute atomic E-state index is 0.00386. The minimum atomic E-state index is -0.741. The lowest BCUT2D eigenvalue weighted by atomic mass is 9.96. The molecule has 1 aromatic heterocycles. The van der Waals surface area contributed by atoms with Gasteiger partial charge in [-0.2, -0.15) is 0 Å². The second kappa shape index (κ2) is 5.73. The van der Waals surface area contributed by atoms with Crippen molar-refractivity contribution >= 4 is 5.69 Å². The van der Waals surface area contributed by atoms with Crippen LogP contribution in [0, 0.1) is 10.1 Å². The summed E-state index contributed by atoms with van der Waals surface area (Å²) in [5, 5.41) is 10.9. The molecule has 0 aliphatic rings. The van der Waals surface area contributed by atoms with Gasteiger partial charge in [-0.15, -0.1) is 0 Å². The number of nitro benzene ring substituents is 1. The molecule has 0 bridgehead atoms. The maximum Gasteiger partial charge on any atom is 0.270 e. The number of non-ortho nitro benzene ring substituents is 1. The molecule has 22 heavy (non-hydrogen) atoms. The van der Waals surface area contributed by atoms with Crippen LogP contribution in [-0.2, 0) is 12.1 Å². The van der Waals surface area contributed by atoms with Gasteiger partial charge in [-0.1, -0.05) is 12.1 Å². The standard InChI is InChI=1S/C16H19N3O3/c1-4-18-14(9-8-13(15(18)20)16(2,3)17)11-6-5-7-12(10-11)19(21)22/h5-10H,4,17H2,1-3H3. The van der Waals surface area contributed by atoms with Crippen LogP contribution in [0.3, 0.4) is 0 Å². The van der Waals surface area contributed by atoms with Gasteiger partial charge in [0.15, 0.2) is 0 Å². The number of nitrogens with zero attached hydrogens (tertiary/aromatic N) is 2. The summed E-state index contributed by atoms with van der Waals surface area (Å²) in [5.74, 6) is 0. The minimum Gasteiger partial charge on any atom is -0.322 e. The van der Waals surface area contributed by atoms with E-state index in [0.717, 1.165) is 0 Å². The van der Waals surface area contributed by atoms with Crippen LogP contribution in [0.1, 0.15) is 26.3 Å². The van der Waals surface area contributed by atoms with Crippen molar-refractivity contribution in [2.45, 2.75) is 32.9 Å². The molecule has 0 unspecified atom stereocenters. The lowest BCUT2D eigenvalue weighted by Gasteiger charge is -2.21. The Hall–Kier alpha value is -2.47. The first-order valence-electron chi connectivity index (χ1n) is 7.03. The molecular weight excluding hydrogens is 282 g/mol. The number of benzene rings is 1. The first-order chi connectivity index (χ1) is 10.3. The summed E-state index contributed by atoms with van der Waals surface area (Å²) in [6, 6.07) is 9.74. The molecule has 0 saturated heterocycles. The second-order valence-corrected chi connectivity index (χ2v) is 5.71. The third-order valence-corrected chi connectivity index (χ3v) is 3.54. The number of pyridine rings is 1. The van der Waals surface area contributed by atoms with E-state index in [0.29, 0.717) is 23.4 Å². The molecule has 0 spiro atoms. The molecule has 2 rings (SSSR count). The van der Waals surface area contributed by atoms with Crippen molar-refractivity contribution in [1.29, 1.82) is 0 Å². The van der Waals surface area contributed by atoms with E-state index in [1.54, 1.807) is 42.7 Å². The number of rotatable bonds is 4. The SMILES string of the molecule is CCn1c(-c2cccc([N+](=O)[O-])c2)ccc(C(C)(C)N)c1=O. The highest BCUT2D eigenvalue weighted by Crippen LogP contribution is 2.24. The van der Waals surface area contributed by atoms with Gasteiger partial charge in [-0.05, 0) is 32.9 Å². The van der Waals surface area contributed by atoms with Gasteiger partial charge in [0.2, 0.25) is 0 Å². The Kier molecular flexibility index (Phi) is 4.14. The fourth-order valence-corrected chi connectivity index (χ4v) is 2.41. The van der Waals surface area contributed by atoms with Crippen molar-refractivity contribution in [3.8, 4) is 11.3 Å². The van der Waals surface area contributed by atoms with Crippen molar-refractivity contribution in [3.05, 3.63) is 62.4 Å². The van der Waals surface area contributed by atoms with Crippen LogP contribution in [0.2, 0.25) is 0 Å². The van der Waals surface area contributed by atoms with Crippen LogP contribution in [0.25, 0.3) is 11.3 Å². The molecule has 0 atom stereocenters. The Morgan fingerprint density at radius 2 is 1.95 bits per heavy atom. The fraction of sp³-hybridized carbons (Fsp3) is 0.312. The maximum absolute atomic E-state index is 12.6. The zero-order chi connectivity index (χ0) is 16.5. The largest absolute Gasteiger partial charge is 0.322 e. The van der Waals surface area contributed by atoms with E-state index in [1.165, 1.54) is 12.1 Å². The molecular formula is C16H19N3O3. The summed E-state index contributed by atoms with van der Waals surface area (Å²) in [7, 11) is 0. The Labute approximate surface area is 128 Å². The van der Waals surface area contributed by atoms with Gasteiger partial charge in [0.1, 0.15) is 0 Å². The van der Waals surface area contributed by atoms with E-state index in [4.69, 9.17) is 5.73 Å². The molecule has 2 aromatic rings. The van der Waals surface area contributed by atoms with Gasteiger partial charge < -0.3 is 10.3 Å². The first-order valence-corrected chi connectivity index (χ1v) is 7.03. The van der Waals surface area contributed by atoms with Crippen molar-refractivity contribution in [2.24, 2.45) is 5.73 Å². The zero-order valence-corrected chi connectivity index (χ0v) is 12.9. The molecule has 0 radical (unpaired) electrons. The van der Waals surface area contributed by atoms with Crippen molar-refractivity contribution in [3.63, 3.8) is 0 Å². The average Bonchev–Trinajstić information content (AvgIpc) is 2.45. The number of hydrogen-bond donors (Lipinski definition) is 1. The van der Waals surface area contributed by atoms with Crippen molar-refractivity contribution in [2.75, 3.05) is 0 Å². The molecule has 0 aliphatic heterocycles. The summed E-state index contributed by atoms with van der Waals surface area (Å²) >= 11 is 0. The molecule has 6 nitrogen and oxygen atoms in total. The quantitative estimate of drug-likeness (QED) is 0.694. The molecule has 116 valence electrons. The fourth-order valence-electron chi connectivity index (χ4n) is 2.41. The van der Waals surface area contributed by atoms with Gasteiger partial charge in [-0.25, -0.2) is 0 Å². The zero-order valence-electron chi connectivity index (χ0n) is 12.9. The lowest BCUT2D eigenvalue weighted by Crippen LogP contribution is -2.38. The smallest absolute Gasteiger partial charge is 0.270 e. The Balaban J connectivity index is 2.67. The Morgan fingerprint density at radius 1 is 1.27 bits per heavy atom. The predicted molar refractivity (Wildman–Crippen MR) is 85.7 cm³/mol. The Morgan fingerprint density at radius 3 is 2.50 bits per heavy atom. The average molecular weight is 301 g/mol. The van der Waals surface area contributed by atoms with Crippen LogP contribution in [0.5, 0.6) is 0 Å². The summed E-state index contributed by atoms with van der Waals surface area (Å²) in [6.07, 6.45) is 0. The van der Waals surface area contributed by atoms with Crippen molar-refractivity contribution < 1.29 is 4.92 Å². The van der Waals surface area contributed by atoms with Crippen LogP contribution >= 0.6 is 0 Å². The highest BCUT2D eigenvalue weighted by Gasteiger charge is 2.21. The molecule has 2 N–H and O–H groups in total. The molecule has 6 heteroatoms. The van der Waals surface area contributed by atoms with E-state index in [1.807, 2.05) is 6.92 Å². The molecule has 1 aromatic carbocycles. The van der Waals surface area contributed by atoms with Crippen molar-refractivity contribution in [1.82, 2.24) is 4.57 Å². The van der Waals surface area contributed by atoms with Gasteiger partial charge in [-0.3, -0.25) is 14.9 Å². The number of nitrogens with two attached hydrogens (primary N) is 1. The summed E-state index contributed by atoms with van der Waals surface area (Å²) in [6.45, 7) is 5.86. The van der Waals surface area contributed by atoms with Gasteiger partial charge in [0, 0.05) is 35.3 Å². The van der Waals surface area contributed by atoms with Crippen LogP contribution in [-0.4, -0.2) is 9.49 Å². The van der Waals surface area contributed by atoms with E-state index in [2.05, 4.69) is 0 Å². The van der Waals surface area contributed by atoms with Gasteiger partial charge in [0.05, 0.1) is 10.6 Å². The summed E-state index contributed by atoms with van der Waals surface area (Å²) in [4.78, 5) is 23.1. The van der Waals surface area contributed by atoms with E-state index in [-0.39, 0.29) is 11.2 Å². The maximum atomic E-state index is 12.6. The summed E-state index contributed by atoms with van der Waals surface area (Å²) in [5.41, 5.74) is 6.91. The van der Waals surface area contributed by atoms with E-state index >= 15 is 0 Å². The Bertz CT molecular complexity index is 773. The summed E-state index contributed by atoms with van der Waals surface area (Å²) < 4.78 is 1.59. The monoisotopic (exact) mass is 301 g/mol. The molecule has 0 fully saturated rings. The first kappa shape index (κ1) is 15.9. The number of aromatic nitrogens is 1. The molecule has 1 heterocycles. The third kappa shape index (κ3) is 2.92. The normalized spacial score (nSPS) is 11.5. The lowest BCUT2D eigenvalue weighted by molar-refractivity contribution is -0.384. The van der Waals surface area contributed by atoms with Crippen LogP contribution < -0.4 is 11.3 Å². The van der Waals surface area contributed by atoms with E-state index < -0.39 is 10.5 Å². The van der Waals surface area contributed by atoms with Gasteiger partial charge >= 0.3 is 0 Å². The van der Waals surface area contributed by atoms with Crippen LogP contribution in [0.15, 0.2) is 41.2 Å². The van der Waals surface area contributed by atoms with Gasteiger partial charge in [0.25, 0.3) is 11.2 Å². The molecule has 0 aliphatic carbocycles. The van der Waals surface area contributed by atoms with E-state index in [9.17, 15) is 14.9 Å². The predicted octanol–water partition coefficient (Wildman–Crippen LogP) is 2.64. The highest BCUT2D eigenvalue weighted by atomic mass is 16.6. The second-order valence-electron chi connectivity index (χ2n) is 5.71. The molecule has 0 amide bonds. The molecule has 0 saturated carbocycles. The highest BCUT2D eigenvalue weighted by molar-refractivity contribution is 5.63. The van der Waals surface area contributed by atoms with Crippen LogP contribution in [0.4, 0.5) is 5.69 Å². The number of hydrogen-bond acceptors (Lipinski definition) is 4. The number of nitro groups is 1. The topological polar surface area (TPSA) is 91.2 Å². The third-order valence-electron chi connectivity index (χ3n) is 3.54.